The lowest BCUT2D eigenvalue weighted by Gasteiger charge is -2.07. The van der Waals surface area contributed by atoms with Crippen molar-refractivity contribution >= 4 is 22.8 Å². The zero-order valence-corrected chi connectivity index (χ0v) is 18.3. The molecule has 0 radical (unpaired) electrons. The van der Waals surface area contributed by atoms with Gasteiger partial charge in [-0.1, -0.05) is 18.2 Å². The molecule has 33 heavy (non-hydrogen) atoms. The van der Waals surface area contributed by atoms with E-state index in [4.69, 9.17) is 0 Å². The summed E-state index contributed by atoms with van der Waals surface area (Å²) >= 11 is 0. The molecule has 5 aromatic rings. The number of halogens is 1. The minimum absolute atomic E-state index is 0.305. The van der Waals surface area contributed by atoms with Gasteiger partial charge in [0, 0.05) is 23.6 Å². The normalized spacial score (nSPS) is 11.4. The molecule has 1 amide bonds. The van der Waals surface area contributed by atoms with Crippen LogP contribution in [0.4, 0.5) is 10.1 Å². The van der Waals surface area contributed by atoms with E-state index in [1.807, 2.05) is 25.1 Å². The largest absolute Gasteiger partial charge is 0.350 e. The second-order valence-electron chi connectivity index (χ2n) is 8.10. The summed E-state index contributed by atoms with van der Waals surface area (Å²) in [5.74, 6) is -0.932. The maximum Gasteiger partial charge on any atom is 0.350 e. The number of hydrogen-bond acceptors (Lipinski definition) is 4. The molecule has 0 saturated heterocycles. The van der Waals surface area contributed by atoms with Crippen LogP contribution in [0, 0.1) is 26.6 Å². The minimum atomic E-state index is -0.477. The number of aromatic nitrogens is 5. The van der Waals surface area contributed by atoms with Crippen molar-refractivity contribution in [2.24, 2.45) is 0 Å². The first-order chi connectivity index (χ1) is 15.8. The predicted octanol–water partition coefficient (Wildman–Crippen LogP) is 3.51. The van der Waals surface area contributed by atoms with Gasteiger partial charge in [-0.2, -0.15) is 5.10 Å². The molecule has 9 heteroatoms. The highest BCUT2D eigenvalue weighted by atomic mass is 19.1. The fraction of sp³-hybridized carbons (Fsp3) is 0.167. The van der Waals surface area contributed by atoms with E-state index < -0.39 is 17.4 Å². The molecule has 0 aliphatic rings. The average Bonchev–Trinajstić information content (AvgIpc) is 3.34. The number of aryl methyl sites for hydroxylation is 3. The van der Waals surface area contributed by atoms with Crippen molar-refractivity contribution in [3.8, 4) is 11.3 Å². The van der Waals surface area contributed by atoms with E-state index in [1.54, 1.807) is 29.9 Å². The van der Waals surface area contributed by atoms with Crippen molar-refractivity contribution in [2.45, 2.75) is 27.3 Å². The molecule has 0 saturated carbocycles. The number of amides is 1. The fourth-order valence-corrected chi connectivity index (χ4v) is 3.73. The molecule has 166 valence electrons. The SMILES string of the molecule is Cc1ccc(-c2cc3c4nn(CC(=O)Nc5cc(F)ccc5C)c(=O)n4ccn3n2)cc1C. The van der Waals surface area contributed by atoms with E-state index >= 15 is 0 Å². The number of benzene rings is 2. The van der Waals surface area contributed by atoms with E-state index in [1.165, 1.54) is 22.1 Å². The number of fused-ring (bicyclic) bond motifs is 3. The lowest BCUT2D eigenvalue weighted by molar-refractivity contribution is -0.117. The Hall–Kier alpha value is -4.27. The third-order valence-electron chi connectivity index (χ3n) is 5.76. The highest BCUT2D eigenvalue weighted by molar-refractivity contribution is 5.91. The monoisotopic (exact) mass is 444 g/mol. The van der Waals surface area contributed by atoms with Gasteiger partial charge in [0.15, 0.2) is 5.65 Å². The predicted molar refractivity (Wildman–Crippen MR) is 123 cm³/mol. The number of carbonyl (C=O) groups is 1. The lowest BCUT2D eigenvalue weighted by Crippen LogP contribution is -2.28. The molecule has 3 heterocycles. The van der Waals surface area contributed by atoms with E-state index in [0.717, 1.165) is 21.5 Å². The van der Waals surface area contributed by atoms with Crippen LogP contribution < -0.4 is 11.0 Å². The Morgan fingerprint density at radius 2 is 1.76 bits per heavy atom. The number of hydrogen-bond donors (Lipinski definition) is 1. The van der Waals surface area contributed by atoms with Gasteiger partial charge in [0.25, 0.3) is 0 Å². The molecule has 0 aliphatic heterocycles. The highest BCUT2D eigenvalue weighted by Gasteiger charge is 2.16. The van der Waals surface area contributed by atoms with Crippen molar-refractivity contribution in [3.05, 3.63) is 87.9 Å². The van der Waals surface area contributed by atoms with Crippen LogP contribution in [0.3, 0.4) is 0 Å². The van der Waals surface area contributed by atoms with Gasteiger partial charge in [-0.05, 0) is 61.7 Å². The number of nitrogens with zero attached hydrogens (tertiary/aromatic N) is 5. The topological polar surface area (TPSA) is 85.7 Å². The summed E-state index contributed by atoms with van der Waals surface area (Å²) in [6.45, 7) is 5.55. The second kappa shape index (κ2) is 7.70. The molecule has 0 atom stereocenters. The molecular weight excluding hydrogens is 423 g/mol. The van der Waals surface area contributed by atoms with Crippen LogP contribution in [0.2, 0.25) is 0 Å². The van der Waals surface area contributed by atoms with Crippen molar-refractivity contribution in [2.75, 3.05) is 5.32 Å². The van der Waals surface area contributed by atoms with Crippen molar-refractivity contribution < 1.29 is 9.18 Å². The second-order valence-corrected chi connectivity index (χ2v) is 8.10. The summed E-state index contributed by atoms with van der Waals surface area (Å²) in [6.07, 6.45) is 3.25. The Morgan fingerprint density at radius 1 is 0.970 bits per heavy atom. The van der Waals surface area contributed by atoms with E-state index in [9.17, 15) is 14.0 Å². The third kappa shape index (κ3) is 3.67. The van der Waals surface area contributed by atoms with Crippen LogP contribution in [0.25, 0.3) is 22.4 Å². The lowest BCUT2D eigenvalue weighted by atomic mass is 10.0. The van der Waals surface area contributed by atoms with E-state index in [2.05, 4.69) is 28.5 Å². The maximum absolute atomic E-state index is 13.5. The van der Waals surface area contributed by atoms with Gasteiger partial charge < -0.3 is 5.32 Å². The first-order valence-electron chi connectivity index (χ1n) is 10.4. The number of rotatable bonds is 4. The molecule has 0 fully saturated rings. The first kappa shape index (κ1) is 20.6. The summed E-state index contributed by atoms with van der Waals surface area (Å²) in [5, 5.41) is 11.6. The summed E-state index contributed by atoms with van der Waals surface area (Å²) in [6, 6.07) is 12.1. The smallest absolute Gasteiger partial charge is 0.324 e. The minimum Gasteiger partial charge on any atom is -0.324 e. The molecule has 8 nitrogen and oxygen atoms in total. The molecular formula is C24H21FN6O2. The van der Waals surface area contributed by atoms with Gasteiger partial charge >= 0.3 is 5.69 Å². The summed E-state index contributed by atoms with van der Waals surface area (Å²) in [5.41, 5.74) is 5.73. The van der Waals surface area contributed by atoms with E-state index in [0.29, 0.717) is 22.4 Å². The number of carbonyl (C=O) groups excluding carboxylic acids is 1. The van der Waals surface area contributed by atoms with Crippen LogP contribution >= 0.6 is 0 Å². The Balaban J connectivity index is 1.50. The van der Waals surface area contributed by atoms with Gasteiger partial charge in [-0.3, -0.25) is 4.79 Å². The number of anilines is 1. The van der Waals surface area contributed by atoms with Crippen molar-refractivity contribution in [1.29, 1.82) is 0 Å². The summed E-state index contributed by atoms with van der Waals surface area (Å²) in [7, 11) is 0. The van der Waals surface area contributed by atoms with Crippen LogP contribution in [-0.2, 0) is 11.3 Å². The van der Waals surface area contributed by atoms with Gasteiger partial charge in [0.2, 0.25) is 5.91 Å². The molecule has 0 bridgehead atoms. The molecule has 2 aromatic carbocycles. The molecule has 1 N–H and O–H groups in total. The number of nitrogens with one attached hydrogen (secondary N) is 1. The van der Waals surface area contributed by atoms with Gasteiger partial charge in [0.1, 0.15) is 17.9 Å². The fourth-order valence-electron chi connectivity index (χ4n) is 3.73. The van der Waals surface area contributed by atoms with Crippen LogP contribution in [0.15, 0.2) is 59.7 Å². The Bertz CT molecular complexity index is 1610. The van der Waals surface area contributed by atoms with E-state index in [-0.39, 0.29) is 6.54 Å². The van der Waals surface area contributed by atoms with Crippen LogP contribution in [0.1, 0.15) is 16.7 Å². The van der Waals surface area contributed by atoms with Gasteiger partial charge in [0.05, 0.1) is 5.69 Å². The van der Waals surface area contributed by atoms with Gasteiger partial charge in [-0.15, -0.1) is 5.10 Å². The van der Waals surface area contributed by atoms with Crippen molar-refractivity contribution in [3.63, 3.8) is 0 Å². The quantitative estimate of drug-likeness (QED) is 0.460. The molecule has 3 aromatic heterocycles. The first-order valence-corrected chi connectivity index (χ1v) is 10.4. The van der Waals surface area contributed by atoms with Crippen molar-refractivity contribution in [1.82, 2.24) is 23.8 Å². The Morgan fingerprint density at radius 3 is 2.55 bits per heavy atom. The van der Waals surface area contributed by atoms with Crippen LogP contribution in [-0.4, -0.2) is 29.7 Å². The molecule has 0 aliphatic carbocycles. The standard InChI is InChI=1S/C24H21FN6O2/c1-14-4-6-17(10-16(14)3)20-12-21-23-28-31(24(33)29(23)8-9-30(21)27-20)13-22(32)26-19-11-18(25)7-5-15(19)2/h4-12H,13H2,1-3H3,(H,26,32). The highest BCUT2D eigenvalue weighted by Crippen LogP contribution is 2.23. The maximum atomic E-state index is 13.5. The Labute approximate surface area is 187 Å². The summed E-state index contributed by atoms with van der Waals surface area (Å²) < 4.78 is 17.6. The zero-order chi connectivity index (χ0) is 23.3. The third-order valence-corrected chi connectivity index (χ3v) is 5.76. The molecule has 0 spiro atoms. The summed E-state index contributed by atoms with van der Waals surface area (Å²) in [4.78, 5) is 25.4. The zero-order valence-electron chi connectivity index (χ0n) is 18.3. The molecule has 0 unspecified atom stereocenters. The van der Waals surface area contributed by atoms with Crippen LogP contribution in [0.5, 0.6) is 0 Å². The molecule has 5 rings (SSSR count). The Kier molecular flexibility index (Phi) is 4.81. The van der Waals surface area contributed by atoms with Gasteiger partial charge in [-0.25, -0.2) is 22.8 Å². The average molecular weight is 444 g/mol.